The monoisotopic (exact) mass is 309 g/mol. The lowest BCUT2D eigenvalue weighted by molar-refractivity contribution is 0.418. The molecule has 0 fully saturated rings. The first kappa shape index (κ1) is 15.2. The van der Waals surface area contributed by atoms with Crippen molar-refractivity contribution >= 4 is 10.9 Å². The van der Waals surface area contributed by atoms with Crippen molar-refractivity contribution in [2.45, 2.75) is 26.3 Å². The molecule has 5 nitrogen and oxygen atoms in total. The van der Waals surface area contributed by atoms with Crippen molar-refractivity contribution < 1.29 is 4.74 Å². The first-order valence-electron chi connectivity index (χ1n) is 7.56. The van der Waals surface area contributed by atoms with E-state index < -0.39 is 0 Å². The maximum absolute atomic E-state index is 12.8. The third-order valence-electron chi connectivity index (χ3n) is 3.92. The van der Waals surface area contributed by atoms with Gasteiger partial charge in [-0.1, -0.05) is 12.1 Å². The van der Waals surface area contributed by atoms with Gasteiger partial charge in [0.05, 0.1) is 19.0 Å². The number of hydrogen-bond acceptors (Lipinski definition) is 4. The molecule has 3 aromatic rings. The zero-order valence-electron chi connectivity index (χ0n) is 13.5. The molecule has 0 aliphatic rings. The summed E-state index contributed by atoms with van der Waals surface area (Å²) in [7, 11) is 1.56. The minimum Gasteiger partial charge on any atom is -0.496 e. The smallest absolute Gasteiger partial charge is 0.265 e. The van der Waals surface area contributed by atoms with Crippen LogP contribution in [-0.4, -0.2) is 21.6 Å². The Morgan fingerprint density at radius 1 is 1.22 bits per heavy atom. The molecular weight excluding hydrogens is 290 g/mol. The Balaban J connectivity index is 2.02. The van der Waals surface area contributed by atoms with Crippen molar-refractivity contribution in [1.82, 2.24) is 14.5 Å². The van der Waals surface area contributed by atoms with Gasteiger partial charge in [-0.05, 0) is 38.1 Å². The Bertz CT molecular complexity index is 902. The van der Waals surface area contributed by atoms with Crippen LogP contribution in [0.5, 0.6) is 5.75 Å². The number of rotatable bonds is 4. The Morgan fingerprint density at radius 3 is 2.74 bits per heavy atom. The van der Waals surface area contributed by atoms with Crippen LogP contribution in [0.1, 0.15) is 24.4 Å². The summed E-state index contributed by atoms with van der Waals surface area (Å²) in [5, 5.41) is 0.515. The molecule has 1 aromatic carbocycles. The molecule has 0 N–H and O–H groups in total. The SMILES string of the molecule is COc1cccc2ncn(C(C)Cc3cccc(C)n3)c(=O)c12. The van der Waals surface area contributed by atoms with Crippen LogP contribution in [0, 0.1) is 6.92 Å². The maximum atomic E-state index is 12.8. The maximum Gasteiger partial charge on any atom is 0.265 e. The quantitative estimate of drug-likeness (QED) is 0.743. The van der Waals surface area contributed by atoms with Gasteiger partial charge in [-0.25, -0.2) is 4.98 Å². The summed E-state index contributed by atoms with van der Waals surface area (Å²) in [5.74, 6) is 0.551. The van der Waals surface area contributed by atoms with Gasteiger partial charge in [-0.15, -0.1) is 0 Å². The highest BCUT2D eigenvalue weighted by Crippen LogP contribution is 2.21. The van der Waals surface area contributed by atoms with Crippen molar-refractivity contribution in [3.8, 4) is 5.75 Å². The molecule has 118 valence electrons. The molecule has 2 heterocycles. The highest BCUT2D eigenvalue weighted by Gasteiger charge is 2.14. The van der Waals surface area contributed by atoms with Crippen LogP contribution in [0.25, 0.3) is 10.9 Å². The fourth-order valence-corrected chi connectivity index (χ4v) is 2.75. The van der Waals surface area contributed by atoms with Gasteiger partial charge in [-0.3, -0.25) is 14.3 Å². The number of pyridine rings is 1. The fraction of sp³-hybridized carbons (Fsp3) is 0.278. The third-order valence-corrected chi connectivity index (χ3v) is 3.92. The molecule has 0 aliphatic heterocycles. The van der Waals surface area contributed by atoms with Gasteiger partial charge >= 0.3 is 0 Å². The van der Waals surface area contributed by atoms with E-state index in [-0.39, 0.29) is 11.6 Å². The number of aromatic nitrogens is 3. The van der Waals surface area contributed by atoms with Crippen LogP contribution < -0.4 is 10.3 Å². The predicted molar refractivity (Wildman–Crippen MR) is 89.9 cm³/mol. The summed E-state index contributed by atoms with van der Waals surface area (Å²) in [5.41, 5.74) is 2.49. The van der Waals surface area contributed by atoms with Crippen molar-refractivity contribution in [3.63, 3.8) is 0 Å². The summed E-state index contributed by atoms with van der Waals surface area (Å²) in [6, 6.07) is 11.3. The van der Waals surface area contributed by atoms with E-state index in [0.717, 1.165) is 11.4 Å². The molecular formula is C18H19N3O2. The van der Waals surface area contributed by atoms with E-state index in [4.69, 9.17) is 4.74 Å². The Morgan fingerprint density at radius 2 is 2.00 bits per heavy atom. The van der Waals surface area contributed by atoms with Crippen molar-refractivity contribution in [2.75, 3.05) is 7.11 Å². The largest absolute Gasteiger partial charge is 0.496 e. The topological polar surface area (TPSA) is 57.0 Å². The standard InChI is InChI=1S/C18H19N3O2/c1-12-6-4-7-14(20-12)10-13(2)21-11-19-15-8-5-9-16(23-3)17(15)18(21)22/h4-9,11,13H,10H2,1-3H3. The third kappa shape index (κ3) is 2.95. The number of fused-ring (bicyclic) bond motifs is 1. The number of benzene rings is 1. The molecule has 23 heavy (non-hydrogen) atoms. The van der Waals surface area contributed by atoms with Crippen molar-refractivity contribution in [3.05, 3.63) is 64.5 Å². The molecule has 0 saturated heterocycles. The van der Waals surface area contributed by atoms with E-state index >= 15 is 0 Å². The predicted octanol–water partition coefficient (Wildman–Crippen LogP) is 2.91. The zero-order chi connectivity index (χ0) is 16.4. The summed E-state index contributed by atoms with van der Waals surface area (Å²) in [6.07, 6.45) is 2.27. The molecule has 0 amide bonds. The van der Waals surface area contributed by atoms with Crippen molar-refractivity contribution in [1.29, 1.82) is 0 Å². The van der Waals surface area contributed by atoms with Gasteiger partial charge < -0.3 is 4.74 Å². The van der Waals surface area contributed by atoms with E-state index in [2.05, 4.69) is 9.97 Å². The highest BCUT2D eigenvalue weighted by molar-refractivity contribution is 5.83. The van der Waals surface area contributed by atoms with E-state index in [0.29, 0.717) is 23.1 Å². The second-order valence-corrected chi connectivity index (χ2v) is 5.63. The van der Waals surface area contributed by atoms with Gasteiger partial charge in [0, 0.05) is 23.9 Å². The molecule has 3 rings (SSSR count). The zero-order valence-corrected chi connectivity index (χ0v) is 13.5. The molecule has 1 unspecified atom stereocenters. The van der Waals surface area contributed by atoms with Gasteiger partial charge in [0.2, 0.25) is 0 Å². The highest BCUT2D eigenvalue weighted by atomic mass is 16.5. The molecule has 0 aliphatic carbocycles. The summed E-state index contributed by atoms with van der Waals surface area (Å²) in [4.78, 5) is 21.7. The number of nitrogens with zero attached hydrogens (tertiary/aromatic N) is 3. The molecule has 0 saturated carbocycles. The van der Waals surface area contributed by atoms with Crippen LogP contribution in [-0.2, 0) is 6.42 Å². The minimum atomic E-state index is -0.0902. The van der Waals surface area contributed by atoms with Gasteiger partial charge in [0.25, 0.3) is 5.56 Å². The second-order valence-electron chi connectivity index (χ2n) is 5.63. The van der Waals surface area contributed by atoms with Gasteiger partial charge in [0.15, 0.2) is 0 Å². The van der Waals surface area contributed by atoms with Crippen molar-refractivity contribution in [2.24, 2.45) is 0 Å². The van der Waals surface area contributed by atoms with Gasteiger partial charge in [0.1, 0.15) is 11.1 Å². The molecule has 0 radical (unpaired) electrons. The summed E-state index contributed by atoms with van der Waals surface area (Å²) >= 11 is 0. The molecule has 0 spiro atoms. The van der Waals surface area contributed by atoms with Crippen LogP contribution in [0.3, 0.4) is 0 Å². The summed E-state index contributed by atoms with van der Waals surface area (Å²) in [6.45, 7) is 3.96. The molecule has 2 aromatic heterocycles. The van der Waals surface area contributed by atoms with Crippen LogP contribution >= 0.6 is 0 Å². The average Bonchev–Trinajstić information content (AvgIpc) is 2.54. The second kappa shape index (κ2) is 6.20. The first-order chi connectivity index (χ1) is 11.1. The minimum absolute atomic E-state index is 0.0430. The number of aryl methyl sites for hydroxylation is 1. The average molecular weight is 309 g/mol. The van der Waals surface area contributed by atoms with Gasteiger partial charge in [-0.2, -0.15) is 0 Å². The van der Waals surface area contributed by atoms with E-state index in [1.54, 1.807) is 24.1 Å². The fourth-order valence-electron chi connectivity index (χ4n) is 2.75. The lowest BCUT2D eigenvalue weighted by atomic mass is 10.1. The first-order valence-corrected chi connectivity index (χ1v) is 7.56. The van der Waals surface area contributed by atoms with E-state index in [1.807, 2.05) is 44.2 Å². The normalized spacial score (nSPS) is 12.3. The molecule has 1 atom stereocenters. The number of methoxy groups -OCH3 is 1. The van der Waals surface area contributed by atoms with E-state index in [9.17, 15) is 4.79 Å². The lowest BCUT2D eigenvalue weighted by Gasteiger charge is -2.16. The van der Waals surface area contributed by atoms with Crippen LogP contribution in [0.15, 0.2) is 47.5 Å². The lowest BCUT2D eigenvalue weighted by Crippen LogP contribution is -2.25. The van der Waals surface area contributed by atoms with Crippen LogP contribution in [0.4, 0.5) is 0 Å². The molecule has 5 heteroatoms. The Labute approximate surface area is 134 Å². The molecule has 0 bridgehead atoms. The Kier molecular flexibility index (Phi) is 4.10. The number of ether oxygens (including phenoxy) is 1. The van der Waals surface area contributed by atoms with Crippen LogP contribution in [0.2, 0.25) is 0 Å². The summed E-state index contributed by atoms with van der Waals surface area (Å²) < 4.78 is 6.96. The van der Waals surface area contributed by atoms with E-state index in [1.165, 1.54) is 0 Å². The Hall–Kier alpha value is -2.69. The number of hydrogen-bond donors (Lipinski definition) is 0.